The van der Waals surface area contributed by atoms with Crippen molar-refractivity contribution in [2.24, 2.45) is 0 Å². The van der Waals surface area contributed by atoms with Gasteiger partial charge in [0.25, 0.3) is 0 Å². The van der Waals surface area contributed by atoms with Gasteiger partial charge in [-0.05, 0) is 24.8 Å². The molecule has 1 atom stereocenters. The number of aliphatic hydroxyl groups is 1. The Balaban J connectivity index is 2.10. The van der Waals surface area contributed by atoms with Gasteiger partial charge in [-0.3, -0.25) is 4.79 Å². The van der Waals surface area contributed by atoms with Crippen LogP contribution in [0.25, 0.3) is 0 Å². The van der Waals surface area contributed by atoms with Crippen LogP contribution in [-0.4, -0.2) is 23.2 Å². The van der Waals surface area contributed by atoms with Crippen LogP contribution in [0.15, 0.2) is 30.3 Å². The molecule has 1 aliphatic rings. The maximum atomic E-state index is 12.1. The summed E-state index contributed by atoms with van der Waals surface area (Å²) in [5, 5.41) is 21.3. The molecule has 2 N–H and O–H groups in total. The second-order valence-corrected chi connectivity index (χ2v) is 4.75. The van der Waals surface area contributed by atoms with E-state index < -0.39 is 11.5 Å². The van der Waals surface area contributed by atoms with Crippen LogP contribution in [0.2, 0.25) is 0 Å². The summed E-state index contributed by atoms with van der Waals surface area (Å²) in [6, 6.07) is 11.0. The third kappa shape index (κ3) is 2.36. The lowest BCUT2D eigenvalue weighted by Crippen LogP contribution is -2.57. The minimum absolute atomic E-state index is 0.0638. The molecule has 0 aliphatic heterocycles. The molecule has 1 unspecified atom stereocenters. The van der Waals surface area contributed by atoms with E-state index >= 15 is 0 Å². The highest BCUT2D eigenvalue weighted by atomic mass is 16.3. The van der Waals surface area contributed by atoms with E-state index in [-0.39, 0.29) is 12.5 Å². The van der Waals surface area contributed by atoms with Crippen molar-refractivity contribution in [2.45, 2.75) is 30.7 Å². The maximum Gasteiger partial charge on any atom is 0.242 e. The molecule has 94 valence electrons. The van der Waals surface area contributed by atoms with E-state index in [1.807, 2.05) is 12.1 Å². The number of nitriles is 1. The standard InChI is InChI=1S/C14H16N2O2/c15-9-12(11-5-2-1-3-6-11)13(18)16-14(10-17)7-4-8-14/h1-3,5-6,12,17H,4,7-8,10H2,(H,16,18). The van der Waals surface area contributed by atoms with Crippen LogP contribution in [0, 0.1) is 11.3 Å². The third-order valence-electron chi connectivity index (χ3n) is 3.53. The molecule has 18 heavy (non-hydrogen) atoms. The smallest absolute Gasteiger partial charge is 0.242 e. The topological polar surface area (TPSA) is 73.1 Å². The number of rotatable bonds is 4. The van der Waals surface area contributed by atoms with Crippen LogP contribution < -0.4 is 5.32 Å². The van der Waals surface area contributed by atoms with Crippen LogP contribution >= 0.6 is 0 Å². The first kappa shape index (κ1) is 12.6. The Bertz CT molecular complexity index is 455. The van der Waals surface area contributed by atoms with Crippen LogP contribution in [0.3, 0.4) is 0 Å². The van der Waals surface area contributed by atoms with Crippen molar-refractivity contribution in [3.63, 3.8) is 0 Å². The number of nitrogens with one attached hydrogen (secondary N) is 1. The van der Waals surface area contributed by atoms with E-state index in [2.05, 4.69) is 5.32 Å². The van der Waals surface area contributed by atoms with Gasteiger partial charge in [0.1, 0.15) is 5.92 Å². The Morgan fingerprint density at radius 3 is 2.56 bits per heavy atom. The van der Waals surface area contributed by atoms with E-state index in [4.69, 9.17) is 5.26 Å². The highest BCUT2D eigenvalue weighted by molar-refractivity contribution is 5.87. The third-order valence-corrected chi connectivity index (χ3v) is 3.53. The zero-order valence-corrected chi connectivity index (χ0v) is 10.1. The monoisotopic (exact) mass is 244 g/mol. The molecular weight excluding hydrogens is 228 g/mol. The fraction of sp³-hybridized carbons (Fsp3) is 0.429. The predicted molar refractivity (Wildman–Crippen MR) is 66.6 cm³/mol. The Labute approximate surface area is 106 Å². The van der Waals surface area contributed by atoms with Crippen molar-refractivity contribution in [3.05, 3.63) is 35.9 Å². The molecule has 0 heterocycles. The van der Waals surface area contributed by atoms with E-state index in [0.717, 1.165) is 19.3 Å². The highest BCUT2D eigenvalue weighted by Gasteiger charge is 2.39. The van der Waals surface area contributed by atoms with Crippen LogP contribution in [0.4, 0.5) is 0 Å². The summed E-state index contributed by atoms with van der Waals surface area (Å²) in [5.74, 6) is -1.13. The lowest BCUT2D eigenvalue weighted by atomic mass is 9.77. The highest BCUT2D eigenvalue weighted by Crippen LogP contribution is 2.32. The first-order chi connectivity index (χ1) is 8.71. The molecular formula is C14H16N2O2. The number of aliphatic hydroxyl groups excluding tert-OH is 1. The molecule has 4 nitrogen and oxygen atoms in total. The number of nitrogens with zero attached hydrogens (tertiary/aromatic N) is 1. The Kier molecular flexibility index (Phi) is 3.63. The number of hydrogen-bond acceptors (Lipinski definition) is 3. The molecule has 1 fully saturated rings. The summed E-state index contributed by atoms with van der Waals surface area (Å²) in [6.45, 7) is -0.0638. The Hall–Kier alpha value is -1.86. The van der Waals surface area contributed by atoms with E-state index in [0.29, 0.717) is 5.56 Å². The molecule has 0 bridgehead atoms. The van der Waals surface area contributed by atoms with Crippen molar-refractivity contribution in [2.75, 3.05) is 6.61 Å². The largest absolute Gasteiger partial charge is 0.394 e. The fourth-order valence-corrected chi connectivity index (χ4v) is 2.19. The molecule has 0 saturated heterocycles. The molecule has 1 aromatic rings. The molecule has 4 heteroatoms. The van der Waals surface area contributed by atoms with Gasteiger partial charge in [-0.25, -0.2) is 0 Å². The SMILES string of the molecule is N#CC(C(=O)NC1(CO)CCC1)c1ccccc1. The lowest BCUT2D eigenvalue weighted by molar-refractivity contribution is -0.125. The van der Waals surface area contributed by atoms with E-state index in [1.54, 1.807) is 24.3 Å². The average Bonchev–Trinajstić information content (AvgIpc) is 2.36. The first-order valence-electron chi connectivity index (χ1n) is 6.08. The number of hydrogen-bond donors (Lipinski definition) is 2. The van der Waals surface area contributed by atoms with Crippen molar-refractivity contribution >= 4 is 5.91 Å². The molecule has 1 aliphatic carbocycles. The van der Waals surface area contributed by atoms with Crippen molar-refractivity contribution in [3.8, 4) is 6.07 Å². The molecule has 0 spiro atoms. The summed E-state index contributed by atoms with van der Waals surface area (Å²) in [5.41, 5.74) is 0.186. The zero-order chi connectivity index (χ0) is 13.0. The van der Waals surface area contributed by atoms with Gasteiger partial charge in [-0.2, -0.15) is 5.26 Å². The minimum Gasteiger partial charge on any atom is -0.394 e. The van der Waals surface area contributed by atoms with Crippen molar-refractivity contribution in [1.82, 2.24) is 5.32 Å². The molecule has 0 aromatic heterocycles. The van der Waals surface area contributed by atoms with Gasteiger partial charge < -0.3 is 10.4 Å². The lowest BCUT2D eigenvalue weighted by Gasteiger charge is -2.41. The number of carbonyl (C=O) groups excluding carboxylic acids is 1. The predicted octanol–water partition coefficient (Wildman–Crippen LogP) is 1.32. The van der Waals surface area contributed by atoms with Gasteiger partial charge >= 0.3 is 0 Å². The van der Waals surface area contributed by atoms with Crippen LogP contribution in [-0.2, 0) is 4.79 Å². The molecule has 0 radical (unpaired) electrons. The normalized spacial score (nSPS) is 18.2. The van der Waals surface area contributed by atoms with Crippen molar-refractivity contribution in [1.29, 1.82) is 5.26 Å². The Morgan fingerprint density at radius 2 is 2.11 bits per heavy atom. The maximum absolute atomic E-state index is 12.1. The Morgan fingerprint density at radius 1 is 1.44 bits per heavy atom. The summed E-state index contributed by atoms with van der Waals surface area (Å²) in [7, 11) is 0. The second kappa shape index (κ2) is 5.19. The van der Waals surface area contributed by atoms with E-state index in [9.17, 15) is 9.90 Å². The number of carbonyl (C=O) groups is 1. The second-order valence-electron chi connectivity index (χ2n) is 4.75. The number of amides is 1. The van der Waals surface area contributed by atoms with Gasteiger partial charge in [-0.15, -0.1) is 0 Å². The fourth-order valence-electron chi connectivity index (χ4n) is 2.19. The average molecular weight is 244 g/mol. The summed E-state index contributed by atoms with van der Waals surface area (Å²) in [4.78, 5) is 12.1. The minimum atomic E-state index is -0.810. The molecule has 1 aromatic carbocycles. The summed E-state index contributed by atoms with van der Waals surface area (Å²) >= 11 is 0. The van der Waals surface area contributed by atoms with Gasteiger partial charge in [-0.1, -0.05) is 30.3 Å². The number of benzene rings is 1. The van der Waals surface area contributed by atoms with Crippen LogP contribution in [0.1, 0.15) is 30.7 Å². The van der Waals surface area contributed by atoms with E-state index in [1.165, 1.54) is 0 Å². The zero-order valence-electron chi connectivity index (χ0n) is 10.1. The van der Waals surface area contributed by atoms with Gasteiger partial charge in [0.2, 0.25) is 5.91 Å². The summed E-state index contributed by atoms with van der Waals surface area (Å²) in [6.07, 6.45) is 2.56. The van der Waals surface area contributed by atoms with Gasteiger partial charge in [0, 0.05) is 0 Å². The molecule has 1 amide bonds. The van der Waals surface area contributed by atoms with Gasteiger partial charge in [0.15, 0.2) is 0 Å². The summed E-state index contributed by atoms with van der Waals surface area (Å²) < 4.78 is 0. The molecule has 1 saturated carbocycles. The van der Waals surface area contributed by atoms with Crippen molar-refractivity contribution < 1.29 is 9.90 Å². The van der Waals surface area contributed by atoms with Gasteiger partial charge in [0.05, 0.1) is 18.2 Å². The molecule has 2 rings (SSSR count). The van der Waals surface area contributed by atoms with Crippen LogP contribution in [0.5, 0.6) is 0 Å². The first-order valence-corrected chi connectivity index (χ1v) is 6.08. The quantitative estimate of drug-likeness (QED) is 0.839.